The van der Waals surface area contributed by atoms with Crippen molar-refractivity contribution in [3.8, 4) is 0 Å². The number of rotatable bonds is 4. The standard InChI is InChI=1S/C21H18ClNO3S/c1-15-3-11-19(12-4-15)23(21(24)17-7-9-18(22)10-8-17)27(25,26)20-13-5-16(2)6-14-20/h3-14H,1-2H3. The minimum Gasteiger partial charge on any atom is -0.268 e. The first kappa shape index (κ1) is 19.1. The van der Waals surface area contributed by atoms with Gasteiger partial charge in [-0.2, -0.15) is 4.31 Å². The van der Waals surface area contributed by atoms with Gasteiger partial charge in [0.25, 0.3) is 15.9 Å². The maximum absolute atomic E-state index is 13.3. The summed E-state index contributed by atoms with van der Waals surface area (Å²) < 4.78 is 27.4. The molecule has 0 heterocycles. The van der Waals surface area contributed by atoms with Gasteiger partial charge in [0, 0.05) is 10.6 Å². The van der Waals surface area contributed by atoms with E-state index in [1.807, 2.05) is 13.8 Å². The molecule has 3 aromatic carbocycles. The number of hydrogen-bond acceptors (Lipinski definition) is 3. The molecule has 0 bridgehead atoms. The van der Waals surface area contributed by atoms with Gasteiger partial charge in [-0.3, -0.25) is 4.79 Å². The van der Waals surface area contributed by atoms with E-state index in [1.54, 1.807) is 48.5 Å². The first-order valence-corrected chi connectivity index (χ1v) is 10.1. The van der Waals surface area contributed by atoms with Crippen molar-refractivity contribution in [2.45, 2.75) is 18.7 Å². The first-order chi connectivity index (χ1) is 12.8. The van der Waals surface area contributed by atoms with Crippen LogP contribution in [0.15, 0.2) is 77.7 Å². The number of anilines is 1. The molecule has 0 aliphatic rings. The summed E-state index contributed by atoms with van der Waals surface area (Å²) in [6.45, 7) is 3.76. The van der Waals surface area contributed by atoms with Crippen LogP contribution in [0.3, 0.4) is 0 Å². The zero-order valence-corrected chi connectivity index (χ0v) is 16.5. The highest BCUT2D eigenvalue weighted by Crippen LogP contribution is 2.27. The lowest BCUT2D eigenvalue weighted by Crippen LogP contribution is -2.37. The number of carbonyl (C=O) groups is 1. The molecule has 0 radical (unpaired) electrons. The maximum Gasteiger partial charge on any atom is 0.272 e. The minimum atomic E-state index is -4.09. The summed E-state index contributed by atoms with van der Waals surface area (Å²) in [6.07, 6.45) is 0. The molecule has 0 saturated carbocycles. The maximum atomic E-state index is 13.3. The Hall–Kier alpha value is -2.63. The molecule has 3 rings (SSSR count). The third-order valence-corrected chi connectivity index (χ3v) is 6.08. The lowest BCUT2D eigenvalue weighted by atomic mass is 10.2. The number of aryl methyl sites for hydroxylation is 2. The van der Waals surface area contributed by atoms with Crippen molar-refractivity contribution >= 4 is 33.2 Å². The smallest absolute Gasteiger partial charge is 0.268 e. The average molecular weight is 400 g/mol. The number of halogens is 1. The van der Waals surface area contributed by atoms with Crippen LogP contribution in [-0.2, 0) is 10.0 Å². The second-order valence-electron chi connectivity index (χ2n) is 6.23. The third-order valence-electron chi connectivity index (χ3n) is 4.10. The molecule has 1 amide bonds. The summed E-state index contributed by atoms with van der Waals surface area (Å²) in [5.41, 5.74) is 2.40. The quantitative estimate of drug-likeness (QED) is 0.620. The van der Waals surface area contributed by atoms with Gasteiger partial charge in [0.2, 0.25) is 0 Å². The van der Waals surface area contributed by atoms with Crippen molar-refractivity contribution in [3.63, 3.8) is 0 Å². The van der Waals surface area contributed by atoms with E-state index in [9.17, 15) is 13.2 Å². The van der Waals surface area contributed by atoms with E-state index in [4.69, 9.17) is 11.6 Å². The van der Waals surface area contributed by atoms with E-state index >= 15 is 0 Å². The predicted molar refractivity (Wildman–Crippen MR) is 108 cm³/mol. The summed E-state index contributed by atoms with van der Waals surface area (Å²) in [5.74, 6) is -0.643. The zero-order valence-electron chi connectivity index (χ0n) is 14.9. The number of nitrogens with zero attached hydrogens (tertiary/aromatic N) is 1. The Morgan fingerprint density at radius 3 is 1.78 bits per heavy atom. The molecule has 0 aliphatic carbocycles. The van der Waals surface area contributed by atoms with Gasteiger partial charge in [0.15, 0.2) is 0 Å². The molecule has 6 heteroatoms. The molecule has 0 spiro atoms. The van der Waals surface area contributed by atoms with Crippen molar-refractivity contribution in [1.29, 1.82) is 0 Å². The van der Waals surface area contributed by atoms with Crippen LogP contribution in [0.1, 0.15) is 21.5 Å². The number of carbonyl (C=O) groups excluding carboxylic acids is 1. The van der Waals surface area contributed by atoms with Crippen LogP contribution in [0, 0.1) is 13.8 Å². The summed E-state index contributed by atoms with van der Waals surface area (Å²) in [5, 5.41) is 0.467. The third kappa shape index (κ3) is 4.04. The molecular formula is C21H18ClNO3S. The van der Waals surface area contributed by atoms with Crippen molar-refractivity contribution in [3.05, 3.63) is 94.5 Å². The molecule has 3 aromatic rings. The van der Waals surface area contributed by atoms with Crippen LogP contribution < -0.4 is 4.31 Å². The Bertz CT molecular complexity index is 1060. The monoisotopic (exact) mass is 399 g/mol. The van der Waals surface area contributed by atoms with E-state index in [-0.39, 0.29) is 16.1 Å². The van der Waals surface area contributed by atoms with Gasteiger partial charge in [0.1, 0.15) is 0 Å². The molecule has 0 unspecified atom stereocenters. The van der Waals surface area contributed by atoms with Crippen molar-refractivity contribution in [2.75, 3.05) is 4.31 Å². The minimum absolute atomic E-state index is 0.0518. The largest absolute Gasteiger partial charge is 0.272 e. The van der Waals surface area contributed by atoms with Gasteiger partial charge < -0.3 is 0 Å². The van der Waals surface area contributed by atoms with Crippen LogP contribution in [0.4, 0.5) is 5.69 Å². The fraction of sp³-hybridized carbons (Fsp3) is 0.0952. The summed E-state index contributed by atoms with van der Waals surface area (Å²) >= 11 is 5.89. The molecule has 4 nitrogen and oxygen atoms in total. The molecule has 0 N–H and O–H groups in total. The zero-order chi connectivity index (χ0) is 19.6. The van der Waals surface area contributed by atoms with Crippen LogP contribution in [-0.4, -0.2) is 14.3 Å². The number of sulfonamides is 1. The normalized spacial score (nSPS) is 11.2. The highest BCUT2D eigenvalue weighted by atomic mass is 35.5. The number of benzene rings is 3. The van der Waals surface area contributed by atoms with Crippen LogP contribution >= 0.6 is 11.6 Å². The van der Waals surface area contributed by atoms with Crippen LogP contribution in [0.2, 0.25) is 5.02 Å². The van der Waals surface area contributed by atoms with Gasteiger partial charge in [-0.05, 0) is 62.4 Å². The molecule has 0 saturated heterocycles. The van der Waals surface area contributed by atoms with Crippen LogP contribution in [0.25, 0.3) is 0 Å². The second kappa shape index (κ2) is 7.55. The Balaban J connectivity index is 2.15. The van der Waals surface area contributed by atoms with Gasteiger partial charge in [0.05, 0.1) is 10.6 Å². The summed E-state index contributed by atoms with van der Waals surface area (Å²) in [4.78, 5) is 13.2. The molecule has 27 heavy (non-hydrogen) atoms. The second-order valence-corrected chi connectivity index (χ2v) is 8.45. The van der Waals surface area contributed by atoms with Gasteiger partial charge in [-0.25, -0.2) is 8.42 Å². The Labute approximate surface area is 164 Å². The summed E-state index contributed by atoms with van der Waals surface area (Å²) in [6, 6.07) is 19.3. The fourth-order valence-corrected chi connectivity index (χ4v) is 4.11. The van der Waals surface area contributed by atoms with E-state index in [0.717, 1.165) is 15.4 Å². The summed E-state index contributed by atoms with van der Waals surface area (Å²) in [7, 11) is -4.09. The first-order valence-electron chi connectivity index (χ1n) is 8.27. The highest BCUT2D eigenvalue weighted by molar-refractivity contribution is 7.93. The predicted octanol–water partition coefficient (Wildman–Crippen LogP) is 4.99. The number of hydrogen-bond donors (Lipinski definition) is 0. The van der Waals surface area contributed by atoms with E-state index in [0.29, 0.717) is 5.02 Å². The van der Waals surface area contributed by atoms with Crippen molar-refractivity contribution in [1.82, 2.24) is 0 Å². The molecule has 0 aromatic heterocycles. The average Bonchev–Trinajstić information content (AvgIpc) is 2.64. The number of amides is 1. The van der Waals surface area contributed by atoms with Gasteiger partial charge >= 0.3 is 0 Å². The lowest BCUT2D eigenvalue weighted by molar-refractivity contribution is 0.101. The van der Waals surface area contributed by atoms with Crippen molar-refractivity contribution < 1.29 is 13.2 Å². The van der Waals surface area contributed by atoms with Crippen molar-refractivity contribution in [2.24, 2.45) is 0 Å². The van der Waals surface area contributed by atoms with E-state index in [2.05, 4.69) is 0 Å². The molecule has 138 valence electrons. The topological polar surface area (TPSA) is 54.5 Å². The van der Waals surface area contributed by atoms with Gasteiger partial charge in [-0.1, -0.05) is 47.0 Å². The lowest BCUT2D eigenvalue weighted by Gasteiger charge is -2.23. The molecule has 0 atom stereocenters. The Kier molecular flexibility index (Phi) is 5.35. The van der Waals surface area contributed by atoms with Crippen LogP contribution in [0.5, 0.6) is 0 Å². The van der Waals surface area contributed by atoms with Gasteiger partial charge in [-0.15, -0.1) is 0 Å². The van der Waals surface area contributed by atoms with E-state index < -0.39 is 15.9 Å². The Morgan fingerprint density at radius 2 is 1.26 bits per heavy atom. The van der Waals surface area contributed by atoms with E-state index in [1.165, 1.54) is 24.3 Å². The molecule has 0 fully saturated rings. The highest BCUT2D eigenvalue weighted by Gasteiger charge is 2.31. The molecular weight excluding hydrogens is 382 g/mol. The SMILES string of the molecule is Cc1ccc(N(C(=O)c2ccc(Cl)cc2)S(=O)(=O)c2ccc(C)cc2)cc1. The fourth-order valence-electron chi connectivity index (χ4n) is 2.57. The Morgan fingerprint density at radius 1 is 0.778 bits per heavy atom. The molecule has 0 aliphatic heterocycles.